The largest absolute Gasteiger partial charge is 0.338 e. The molecule has 2 heterocycles. The highest BCUT2D eigenvalue weighted by Gasteiger charge is 2.37. The normalized spacial score (nSPS) is 21.2. The van der Waals surface area contributed by atoms with Crippen molar-refractivity contribution in [2.45, 2.75) is 12.1 Å². The molecule has 7 heteroatoms. The second-order valence-corrected chi connectivity index (χ2v) is 7.92. The molecule has 6 nitrogen and oxygen atoms in total. The van der Waals surface area contributed by atoms with Crippen molar-refractivity contribution in [2.24, 2.45) is 0 Å². The first kappa shape index (κ1) is 19.7. The molecule has 4 rings (SSSR count). The molecule has 0 aliphatic carbocycles. The van der Waals surface area contributed by atoms with Gasteiger partial charge in [-0.1, -0.05) is 60.1 Å². The first-order chi connectivity index (χ1) is 14.1. The quantitative estimate of drug-likeness (QED) is 0.839. The van der Waals surface area contributed by atoms with Gasteiger partial charge in [0.2, 0.25) is 5.91 Å². The highest BCUT2D eigenvalue weighted by molar-refractivity contribution is 6.31. The molecule has 2 unspecified atom stereocenters. The van der Waals surface area contributed by atoms with Crippen LogP contribution in [0.2, 0.25) is 5.02 Å². The SMILES string of the molecule is CN1C(=O)NCC1C(=O)N1CCN(C(c2ccccc2)c2ccccc2Cl)CC1. The van der Waals surface area contributed by atoms with Crippen LogP contribution in [0.15, 0.2) is 54.6 Å². The topological polar surface area (TPSA) is 55.9 Å². The predicted octanol–water partition coefficient (Wildman–Crippen LogP) is 2.60. The van der Waals surface area contributed by atoms with Crippen molar-refractivity contribution < 1.29 is 9.59 Å². The molecule has 0 aromatic heterocycles. The summed E-state index contributed by atoms with van der Waals surface area (Å²) in [5, 5.41) is 3.48. The minimum absolute atomic E-state index is 0.0134. The van der Waals surface area contributed by atoms with Gasteiger partial charge in [-0.25, -0.2) is 4.79 Å². The highest BCUT2D eigenvalue weighted by Crippen LogP contribution is 2.33. The van der Waals surface area contributed by atoms with Gasteiger partial charge in [-0.15, -0.1) is 0 Å². The van der Waals surface area contributed by atoms with Gasteiger partial charge in [0.1, 0.15) is 6.04 Å². The summed E-state index contributed by atoms with van der Waals surface area (Å²) in [5.74, 6) is 0.0134. The summed E-state index contributed by atoms with van der Waals surface area (Å²) in [5.41, 5.74) is 2.26. The van der Waals surface area contributed by atoms with E-state index >= 15 is 0 Å². The van der Waals surface area contributed by atoms with E-state index in [1.807, 2.05) is 41.3 Å². The fourth-order valence-electron chi connectivity index (χ4n) is 4.17. The van der Waals surface area contributed by atoms with Crippen LogP contribution in [0.4, 0.5) is 4.79 Å². The molecule has 0 saturated carbocycles. The minimum Gasteiger partial charge on any atom is -0.338 e. The number of rotatable bonds is 4. The van der Waals surface area contributed by atoms with Crippen molar-refractivity contribution >= 4 is 23.5 Å². The van der Waals surface area contributed by atoms with Crippen LogP contribution in [0, 0.1) is 0 Å². The molecule has 1 N–H and O–H groups in total. The van der Waals surface area contributed by atoms with Gasteiger partial charge in [-0.05, 0) is 17.2 Å². The Balaban J connectivity index is 1.51. The van der Waals surface area contributed by atoms with Crippen molar-refractivity contribution in [1.82, 2.24) is 20.0 Å². The Morgan fingerprint density at radius 3 is 2.31 bits per heavy atom. The average molecular weight is 413 g/mol. The minimum atomic E-state index is -0.414. The number of nitrogens with one attached hydrogen (secondary N) is 1. The second-order valence-electron chi connectivity index (χ2n) is 7.51. The van der Waals surface area contributed by atoms with Gasteiger partial charge < -0.3 is 15.1 Å². The van der Waals surface area contributed by atoms with Crippen LogP contribution in [-0.2, 0) is 4.79 Å². The fraction of sp³-hybridized carbons (Fsp3) is 0.364. The monoisotopic (exact) mass is 412 g/mol. The van der Waals surface area contributed by atoms with E-state index in [0.29, 0.717) is 19.6 Å². The zero-order chi connectivity index (χ0) is 20.4. The van der Waals surface area contributed by atoms with Crippen LogP contribution in [0.1, 0.15) is 17.2 Å². The van der Waals surface area contributed by atoms with Gasteiger partial charge in [-0.3, -0.25) is 9.69 Å². The molecular weight excluding hydrogens is 388 g/mol. The number of piperazine rings is 1. The van der Waals surface area contributed by atoms with E-state index in [1.54, 1.807) is 7.05 Å². The van der Waals surface area contributed by atoms with E-state index < -0.39 is 6.04 Å². The van der Waals surface area contributed by atoms with Crippen molar-refractivity contribution in [3.05, 3.63) is 70.7 Å². The molecule has 2 aromatic rings. The van der Waals surface area contributed by atoms with Gasteiger partial charge in [-0.2, -0.15) is 0 Å². The Bertz CT molecular complexity index is 883. The molecule has 0 radical (unpaired) electrons. The summed E-state index contributed by atoms with van der Waals surface area (Å²) in [6.45, 7) is 3.12. The van der Waals surface area contributed by atoms with Crippen LogP contribution >= 0.6 is 11.6 Å². The number of carbonyl (C=O) groups is 2. The maximum atomic E-state index is 12.9. The number of benzene rings is 2. The van der Waals surface area contributed by atoms with Gasteiger partial charge in [0, 0.05) is 44.8 Å². The van der Waals surface area contributed by atoms with Crippen LogP contribution < -0.4 is 5.32 Å². The molecule has 29 heavy (non-hydrogen) atoms. The number of amides is 3. The third kappa shape index (κ3) is 3.95. The fourth-order valence-corrected chi connectivity index (χ4v) is 4.41. The van der Waals surface area contributed by atoms with Crippen LogP contribution in [0.5, 0.6) is 0 Å². The zero-order valence-electron chi connectivity index (χ0n) is 16.4. The molecule has 2 aromatic carbocycles. The van der Waals surface area contributed by atoms with Crippen LogP contribution in [-0.4, -0.2) is 72.5 Å². The number of likely N-dealkylation sites (N-methyl/N-ethyl adjacent to an activating group) is 1. The van der Waals surface area contributed by atoms with E-state index in [0.717, 1.165) is 23.7 Å². The lowest BCUT2D eigenvalue weighted by Gasteiger charge is -2.41. The summed E-state index contributed by atoms with van der Waals surface area (Å²) in [4.78, 5) is 30.3. The predicted molar refractivity (Wildman–Crippen MR) is 113 cm³/mol. The van der Waals surface area contributed by atoms with Crippen LogP contribution in [0.3, 0.4) is 0 Å². The number of nitrogens with zero attached hydrogens (tertiary/aromatic N) is 3. The van der Waals surface area contributed by atoms with E-state index in [2.05, 4.69) is 28.4 Å². The number of hydrogen-bond acceptors (Lipinski definition) is 3. The summed E-state index contributed by atoms with van der Waals surface area (Å²) >= 11 is 6.55. The first-order valence-electron chi connectivity index (χ1n) is 9.89. The highest BCUT2D eigenvalue weighted by atomic mass is 35.5. The van der Waals surface area contributed by atoms with Crippen molar-refractivity contribution in [2.75, 3.05) is 39.8 Å². The Morgan fingerprint density at radius 1 is 1.03 bits per heavy atom. The molecule has 2 aliphatic heterocycles. The molecule has 0 spiro atoms. The summed E-state index contributed by atoms with van der Waals surface area (Å²) in [6.07, 6.45) is 0. The van der Waals surface area contributed by atoms with E-state index in [4.69, 9.17) is 11.6 Å². The maximum absolute atomic E-state index is 12.9. The van der Waals surface area contributed by atoms with Crippen LogP contribution in [0.25, 0.3) is 0 Å². The number of halogens is 1. The number of carbonyl (C=O) groups excluding carboxylic acids is 2. The third-order valence-electron chi connectivity index (χ3n) is 5.83. The second kappa shape index (κ2) is 8.43. The van der Waals surface area contributed by atoms with E-state index in [9.17, 15) is 9.59 Å². The van der Waals surface area contributed by atoms with Gasteiger partial charge in [0.25, 0.3) is 0 Å². The Kier molecular flexibility index (Phi) is 5.74. The summed E-state index contributed by atoms with van der Waals surface area (Å²) in [7, 11) is 1.67. The lowest BCUT2D eigenvalue weighted by atomic mass is 9.96. The standard InChI is InChI=1S/C22H25ClN4O2/c1-25-19(15-24-22(25)29)21(28)27-13-11-26(12-14-27)20(16-7-3-2-4-8-16)17-9-5-6-10-18(17)23/h2-10,19-20H,11-15H2,1H3,(H,24,29). The molecule has 152 valence electrons. The molecule has 2 aliphatic rings. The molecular formula is C22H25ClN4O2. The lowest BCUT2D eigenvalue weighted by Crippen LogP contribution is -2.54. The zero-order valence-corrected chi connectivity index (χ0v) is 17.2. The molecule has 2 fully saturated rings. The van der Waals surface area contributed by atoms with Crippen molar-refractivity contribution in [3.63, 3.8) is 0 Å². The molecule has 3 amide bonds. The van der Waals surface area contributed by atoms with E-state index in [-0.39, 0.29) is 18.0 Å². The van der Waals surface area contributed by atoms with Gasteiger partial charge in [0.05, 0.1) is 6.04 Å². The van der Waals surface area contributed by atoms with Crippen molar-refractivity contribution in [3.8, 4) is 0 Å². The van der Waals surface area contributed by atoms with Gasteiger partial charge in [0.15, 0.2) is 0 Å². The first-order valence-corrected chi connectivity index (χ1v) is 10.3. The number of hydrogen-bond donors (Lipinski definition) is 1. The average Bonchev–Trinajstić information content (AvgIpc) is 3.09. The van der Waals surface area contributed by atoms with E-state index in [1.165, 1.54) is 10.5 Å². The van der Waals surface area contributed by atoms with Gasteiger partial charge >= 0.3 is 6.03 Å². The van der Waals surface area contributed by atoms with Crippen molar-refractivity contribution in [1.29, 1.82) is 0 Å². The Hall–Kier alpha value is -2.57. The number of urea groups is 1. The molecule has 2 atom stereocenters. The third-order valence-corrected chi connectivity index (χ3v) is 6.17. The summed E-state index contributed by atoms with van der Waals surface area (Å²) < 4.78 is 0. The lowest BCUT2D eigenvalue weighted by molar-refractivity contribution is -0.136. The summed E-state index contributed by atoms with van der Waals surface area (Å²) in [6, 6.07) is 17.7. The smallest absolute Gasteiger partial charge is 0.317 e. The Morgan fingerprint density at radius 2 is 1.69 bits per heavy atom. The molecule has 2 saturated heterocycles. The maximum Gasteiger partial charge on any atom is 0.317 e. The Labute approximate surface area is 176 Å². The molecule has 0 bridgehead atoms.